The summed E-state index contributed by atoms with van der Waals surface area (Å²) >= 11 is 0. The van der Waals surface area contributed by atoms with Crippen LogP contribution in [-0.2, 0) is 0 Å². The Hall–Kier alpha value is -2.79. The Balaban J connectivity index is 1.89. The molecule has 0 amide bonds. The molecule has 1 N–H and O–H groups in total. The van der Waals surface area contributed by atoms with Gasteiger partial charge in [0.05, 0.1) is 32.2 Å². The average Bonchev–Trinajstić information content (AvgIpc) is 2.78. The molecule has 4 rings (SSSR count). The SMILES string of the molecule is CC[NH+]1CC[N+](=c2cc(-c3ccc(OC)cc3)oc3ccc(OC)cc23)CC1. The van der Waals surface area contributed by atoms with Crippen molar-refractivity contribution in [3.8, 4) is 22.8 Å². The zero-order valence-corrected chi connectivity index (χ0v) is 16.8. The fraction of sp³-hybridized carbons (Fsp3) is 0.348. The monoisotopic (exact) mass is 380 g/mol. The summed E-state index contributed by atoms with van der Waals surface area (Å²) in [6, 6.07) is 16.2. The van der Waals surface area contributed by atoms with Gasteiger partial charge in [0.15, 0.2) is 13.1 Å². The van der Waals surface area contributed by atoms with Gasteiger partial charge in [-0.15, -0.1) is 0 Å². The molecule has 2 heterocycles. The summed E-state index contributed by atoms with van der Waals surface area (Å²) in [7, 11) is 3.38. The summed E-state index contributed by atoms with van der Waals surface area (Å²) in [5, 5.41) is 2.30. The molecule has 0 saturated carbocycles. The van der Waals surface area contributed by atoms with Crippen molar-refractivity contribution in [1.82, 2.24) is 4.58 Å². The first kappa shape index (κ1) is 18.6. The number of nitrogens with zero attached hydrogens (tertiary/aromatic N) is 1. The Morgan fingerprint density at radius 3 is 2.25 bits per heavy atom. The number of fused-ring (bicyclic) bond motifs is 1. The van der Waals surface area contributed by atoms with E-state index < -0.39 is 0 Å². The molecule has 1 aliphatic rings. The van der Waals surface area contributed by atoms with Crippen molar-refractivity contribution >= 4 is 11.0 Å². The number of methoxy groups -OCH3 is 2. The predicted octanol–water partition coefficient (Wildman–Crippen LogP) is 1.81. The van der Waals surface area contributed by atoms with Gasteiger partial charge >= 0.3 is 0 Å². The molecule has 146 valence electrons. The Bertz CT molecular complexity index is 1030. The highest BCUT2D eigenvalue weighted by Gasteiger charge is 2.22. The number of quaternary nitrogens is 1. The molecule has 2 aromatic carbocycles. The number of hydrogen-bond acceptors (Lipinski definition) is 3. The lowest BCUT2D eigenvalue weighted by Crippen LogP contribution is -3.14. The van der Waals surface area contributed by atoms with E-state index in [1.165, 1.54) is 11.9 Å². The van der Waals surface area contributed by atoms with Gasteiger partial charge in [-0.1, -0.05) is 0 Å². The molecule has 1 aromatic heterocycles. The molecule has 0 spiro atoms. The Labute approximate surface area is 165 Å². The molecule has 0 bridgehead atoms. The standard InChI is InChI=1S/C23H27N2O3/c1-4-24-11-13-25(14-12-24)21-16-23(17-5-7-18(26-2)8-6-17)28-22-10-9-19(27-3)15-20(21)22/h5-10,15-16H,4,11-14H2,1-3H3/q+1/p+1. The molecular formula is C23H28N2O3+2. The van der Waals surface area contributed by atoms with Crippen LogP contribution in [0.15, 0.2) is 52.9 Å². The molecule has 0 aliphatic carbocycles. The minimum atomic E-state index is 0.841. The largest absolute Gasteiger partial charge is 0.497 e. The quantitative estimate of drug-likeness (QED) is 0.702. The first-order valence-electron chi connectivity index (χ1n) is 9.89. The molecule has 28 heavy (non-hydrogen) atoms. The minimum Gasteiger partial charge on any atom is -0.497 e. The molecule has 0 atom stereocenters. The number of rotatable bonds is 4. The lowest BCUT2D eigenvalue weighted by molar-refractivity contribution is -0.900. The zero-order valence-electron chi connectivity index (χ0n) is 16.8. The van der Waals surface area contributed by atoms with E-state index in [0.717, 1.165) is 60.0 Å². The van der Waals surface area contributed by atoms with Crippen molar-refractivity contribution in [3.63, 3.8) is 0 Å². The number of nitrogens with one attached hydrogen (secondary N) is 1. The zero-order chi connectivity index (χ0) is 19.5. The second kappa shape index (κ2) is 8.07. The maximum Gasteiger partial charge on any atom is 0.215 e. The first-order valence-corrected chi connectivity index (χ1v) is 9.89. The van der Waals surface area contributed by atoms with Gasteiger partial charge in [0, 0.05) is 5.56 Å². The number of likely N-dealkylation sites (N-methyl/N-ethyl adjacent to an activating group) is 1. The van der Waals surface area contributed by atoms with Crippen molar-refractivity contribution in [2.24, 2.45) is 0 Å². The van der Waals surface area contributed by atoms with Gasteiger partial charge in [-0.05, 0) is 49.4 Å². The minimum absolute atomic E-state index is 0.841. The van der Waals surface area contributed by atoms with Crippen LogP contribution in [0.4, 0.5) is 0 Å². The lowest BCUT2D eigenvalue weighted by Gasteiger charge is -2.21. The van der Waals surface area contributed by atoms with Crippen LogP contribution in [0.25, 0.3) is 22.3 Å². The van der Waals surface area contributed by atoms with Crippen molar-refractivity contribution in [2.45, 2.75) is 6.92 Å². The molecule has 1 fully saturated rings. The normalized spacial score (nSPS) is 17.0. The summed E-state index contributed by atoms with van der Waals surface area (Å²) in [5.74, 6) is 2.55. The molecule has 1 aliphatic heterocycles. The molecule has 3 aromatic rings. The highest BCUT2D eigenvalue weighted by atomic mass is 16.5. The molecule has 1 saturated heterocycles. The third-order valence-corrected chi connectivity index (χ3v) is 5.64. The summed E-state index contributed by atoms with van der Waals surface area (Å²) in [6.07, 6.45) is 0. The maximum absolute atomic E-state index is 6.27. The molecule has 0 unspecified atom stereocenters. The molecular weight excluding hydrogens is 352 g/mol. The lowest BCUT2D eigenvalue weighted by atomic mass is 10.1. The Morgan fingerprint density at radius 1 is 0.929 bits per heavy atom. The summed E-state index contributed by atoms with van der Waals surface area (Å²) in [4.78, 5) is 1.66. The number of hydrogen-bond donors (Lipinski definition) is 1. The van der Waals surface area contributed by atoms with Gasteiger partial charge in [-0.3, -0.25) is 0 Å². The van der Waals surface area contributed by atoms with Gasteiger partial charge < -0.3 is 18.8 Å². The van der Waals surface area contributed by atoms with Gasteiger partial charge in [0.25, 0.3) is 0 Å². The van der Waals surface area contributed by atoms with Crippen LogP contribution >= 0.6 is 0 Å². The Kier molecular flexibility index (Phi) is 5.35. The second-order valence-corrected chi connectivity index (χ2v) is 7.18. The van der Waals surface area contributed by atoms with E-state index >= 15 is 0 Å². The predicted molar refractivity (Wildman–Crippen MR) is 111 cm³/mol. The smallest absolute Gasteiger partial charge is 0.215 e. The van der Waals surface area contributed by atoms with E-state index in [9.17, 15) is 0 Å². The fourth-order valence-electron chi connectivity index (χ4n) is 3.85. The van der Waals surface area contributed by atoms with E-state index in [4.69, 9.17) is 13.9 Å². The van der Waals surface area contributed by atoms with Crippen LogP contribution in [0.1, 0.15) is 6.92 Å². The van der Waals surface area contributed by atoms with Crippen molar-refractivity contribution in [2.75, 3.05) is 46.9 Å². The van der Waals surface area contributed by atoms with Crippen LogP contribution in [0, 0.1) is 0 Å². The van der Waals surface area contributed by atoms with Crippen molar-refractivity contribution < 1.29 is 18.8 Å². The van der Waals surface area contributed by atoms with Crippen LogP contribution in [0.5, 0.6) is 11.5 Å². The fourth-order valence-corrected chi connectivity index (χ4v) is 3.85. The third-order valence-electron chi connectivity index (χ3n) is 5.64. The summed E-state index contributed by atoms with van der Waals surface area (Å²) in [6.45, 7) is 7.85. The Morgan fingerprint density at radius 2 is 1.61 bits per heavy atom. The van der Waals surface area contributed by atoms with E-state index in [0.29, 0.717) is 0 Å². The molecule has 5 nitrogen and oxygen atoms in total. The highest BCUT2D eigenvalue weighted by molar-refractivity contribution is 5.80. The number of piperazine rings is 1. The van der Waals surface area contributed by atoms with Gasteiger partial charge in [0.1, 0.15) is 35.9 Å². The van der Waals surface area contributed by atoms with E-state index in [1.807, 2.05) is 36.4 Å². The van der Waals surface area contributed by atoms with E-state index in [-0.39, 0.29) is 0 Å². The van der Waals surface area contributed by atoms with Crippen LogP contribution in [-0.4, -0.2) is 46.9 Å². The highest BCUT2D eigenvalue weighted by Crippen LogP contribution is 2.26. The summed E-state index contributed by atoms with van der Waals surface area (Å²) < 4.78 is 19.5. The van der Waals surface area contributed by atoms with Crippen LogP contribution < -0.4 is 24.3 Å². The van der Waals surface area contributed by atoms with Gasteiger partial charge in [-0.2, -0.15) is 0 Å². The maximum atomic E-state index is 6.27. The molecule has 0 radical (unpaired) electrons. The van der Waals surface area contributed by atoms with Gasteiger partial charge in [0.2, 0.25) is 5.36 Å². The average molecular weight is 380 g/mol. The third kappa shape index (κ3) is 3.62. The topological polar surface area (TPSA) is 39.0 Å². The van der Waals surface area contributed by atoms with Gasteiger partial charge in [-0.25, -0.2) is 4.58 Å². The van der Waals surface area contributed by atoms with E-state index in [1.54, 1.807) is 19.1 Å². The number of ether oxygens (including phenoxy) is 2. The van der Waals surface area contributed by atoms with Crippen LogP contribution in [0.2, 0.25) is 0 Å². The van der Waals surface area contributed by atoms with E-state index in [2.05, 4.69) is 23.6 Å². The second-order valence-electron chi connectivity index (χ2n) is 7.18. The van der Waals surface area contributed by atoms with Crippen molar-refractivity contribution in [3.05, 3.63) is 53.9 Å². The number of benzene rings is 2. The first-order chi connectivity index (χ1) is 13.7. The summed E-state index contributed by atoms with van der Waals surface area (Å²) in [5.41, 5.74) is 1.91. The van der Waals surface area contributed by atoms with Crippen molar-refractivity contribution in [1.29, 1.82) is 0 Å². The molecule has 5 heteroatoms. The van der Waals surface area contributed by atoms with Crippen LogP contribution in [0.3, 0.4) is 0 Å².